The number of anilines is 2. The van der Waals surface area contributed by atoms with Crippen molar-refractivity contribution >= 4 is 33.2 Å². The normalized spacial score (nSPS) is 18.6. The minimum atomic E-state index is -3.69. The number of fused-ring (bicyclic) bond motifs is 1. The Morgan fingerprint density at radius 1 is 1.06 bits per heavy atom. The summed E-state index contributed by atoms with van der Waals surface area (Å²) in [6, 6.07) is 12.0. The molecule has 2 aliphatic rings. The lowest BCUT2D eigenvalue weighted by Crippen LogP contribution is -2.53. The molecule has 0 spiro atoms. The average Bonchev–Trinajstić information content (AvgIpc) is 2.75. The highest BCUT2D eigenvalue weighted by Gasteiger charge is 2.37. The van der Waals surface area contributed by atoms with Gasteiger partial charge in [-0.25, -0.2) is 13.1 Å². The Morgan fingerprint density at radius 3 is 2.30 bits per heavy atom. The van der Waals surface area contributed by atoms with Crippen molar-refractivity contribution in [3.05, 3.63) is 42.5 Å². The maximum atomic E-state index is 13.2. The molecule has 1 atom stereocenters. The summed E-state index contributed by atoms with van der Waals surface area (Å²) in [6.07, 6.45) is 2.86. The van der Waals surface area contributed by atoms with Crippen molar-refractivity contribution in [2.75, 3.05) is 29.5 Å². The van der Waals surface area contributed by atoms with E-state index in [1.54, 1.807) is 17.0 Å². The molecule has 0 aromatic heterocycles. The molecular weight excluding hydrogens is 442 g/mol. The fourth-order valence-corrected chi connectivity index (χ4v) is 5.48. The monoisotopic (exact) mass is 471 g/mol. The first-order valence-electron chi connectivity index (χ1n) is 11.2. The molecule has 0 saturated heterocycles. The highest BCUT2D eigenvalue weighted by molar-refractivity contribution is 7.89. The van der Waals surface area contributed by atoms with Crippen LogP contribution < -0.4 is 14.5 Å². The molecule has 1 fully saturated rings. The van der Waals surface area contributed by atoms with Crippen LogP contribution in [0, 0.1) is 5.92 Å². The number of hydrogen-bond donors (Lipinski definition) is 2. The first kappa shape index (κ1) is 23.4. The topological polar surface area (TPSA) is 107 Å². The van der Waals surface area contributed by atoms with Gasteiger partial charge in [-0.05, 0) is 55.2 Å². The van der Waals surface area contributed by atoms with Crippen LogP contribution in [0.25, 0.3) is 11.1 Å². The van der Waals surface area contributed by atoms with Gasteiger partial charge in [0, 0.05) is 25.9 Å². The van der Waals surface area contributed by atoms with E-state index in [4.69, 9.17) is 5.11 Å². The van der Waals surface area contributed by atoms with Crippen molar-refractivity contribution in [1.29, 1.82) is 0 Å². The molecule has 4 rings (SSSR count). The van der Waals surface area contributed by atoms with Crippen LogP contribution in [0.5, 0.6) is 0 Å². The molecule has 176 valence electrons. The molecular formula is C24H29N3O5S. The summed E-state index contributed by atoms with van der Waals surface area (Å²) in [5, 5.41) is 8.87. The third-order valence-corrected chi connectivity index (χ3v) is 7.85. The summed E-state index contributed by atoms with van der Waals surface area (Å²) in [4.78, 5) is 29.2. The SMILES string of the molecule is CC(=O)N1c2ccc(-c3ccc(S(=O)(=O)NCCO)cc3)cc2N(C(=O)C2CCC2)C[C@@H]1C. The van der Waals surface area contributed by atoms with Crippen molar-refractivity contribution in [3.8, 4) is 11.1 Å². The lowest BCUT2D eigenvalue weighted by Gasteiger charge is -2.43. The quantitative estimate of drug-likeness (QED) is 0.673. The van der Waals surface area contributed by atoms with Crippen LogP contribution >= 0.6 is 0 Å². The minimum absolute atomic E-state index is 0.0356. The number of rotatable bonds is 6. The summed E-state index contributed by atoms with van der Waals surface area (Å²) in [5.41, 5.74) is 3.04. The van der Waals surface area contributed by atoms with Gasteiger partial charge >= 0.3 is 0 Å². The number of nitrogens with zero attached hydrogens (tertiary/aromatic N) is 2. The third-order valence-electron chi connectivity index (χ3n) is 6.37. The number of aliphatic hydroxyl groups is 1. The predicted octanol–water partition coefficient (Wildman–Crippen LogP) is 2.51. The second kappa shape index (κ2) is 9.24. The van der Waals surface area contributed by atoms with Crippen molar-refractivity contribution in [1.82, 2.24) is 4.72 Å². The first-order chi connectivity index (χ1) is 15.7. The lowest BCUT2D eigenvalue weighted by molar-refractivity contribution is -0.125. The van der Waals surface area contributed by atoms with Crippen molar-refractivity contribution in [2.45, 2.75) is 44.0 Å². The molecule has 0 unspecified atom stereocenters. The maximum Gasteiger partial charge on any atom is 0.240 e. The Hall–Kier alpha value is -2.75. The molecule has 9 heteroatoms. The molecule has 33 heavy (non-hydrogen) atoms. The molecule has 2 amide bonds. The van der Waals surface area contributed by atoms with Crippen LogP contribution in [0.3, 0.4) is 0 Å². The van der Waals surface area contributed by atoms with Crippen LogP contribution in [0.1, 0.15) is 33.1 Å². The van der Waals surface area contributed by atoms with E-state index in [1.807, 2.05) is 30.0 Å². The first-order valence-corrected chi connectivity index (χ1v) is 12.7. The van der Waals surface area contributed by atoms with Gasteiger partial charge in [-0.1, -0.05) is 24.6 Å². The Bertz CT molecular complexity index is 1160. The summed E-state index contributed by atoms with van der Waals surface area (Å²) in [5.74, 6) is 0.0665. The molecule has 2 N–H and O–H groups in total. The second-order valence-electron chi connectivity index (χ2n) is 8.66. The molecule has 0 radical (unpaired) electrons. The number of carbonyl (C=O) groups is 2. The predicted molar refractivity (Wildman–Crippen MR) is 126 cm³/mol. The summed E-state index contributed by atoms with van der Waals surface area (Å²) < 4.78 is 26.9. The van der Waals surface area contributed by atoms with Gasteiger partial charge in [-0.15, -0.1) is 0 Å². The van der Waals surface area contributed by atoms with E-state index in [1.165, 1.54) is 19.1 Å². The van der Waals surface area contributed by atoms with Gasteiger partial charge in [0.2, 0.25) is 21.8 Å². The van der Waals surface area contributed by atoms with E-state index in [0.29, 0.717) is 17.9 Å². The summed E-state index contributed by atoms with van der Waals surface area (Å²) >= 11 is 0. The van der Waals surface area contributed by atoms with Crippen LogP contribution in [0.2, 0.25) is 0 Å². The molecule has 2 aromatic rings. The highest BCUT2D eigenvalue weighted by atomic mass is 32.2. The zero-order valence-electron chi connectivity index (χ0n) is 18.8. The van der Waals surface area contributed by atoms with Gasteiger partial charge in [0.15, 0.2) is 0 Å². The smallest absolute Gasteiger partial charge is 0.240 e. The highest BCUT2D eigenvalue weighted by Crippen LogP contribution is 2.41. The minimum Gasteiger partial charge on any atom is -0.395 e. The molecule has 8 nitrogen and oxygen atoms in total. The van der Waals surface area contributed by atoms with E-state index in [9.17, 15) is 18.0 Å². The van der Waals surface area contributed by atoms with Crippen LogP contribution in [0.15, 0.2) is 47.4 Å². The fraction of sp³-hybridized carbons (Fsp3) is 0.417. The van der Waals surface area contributed by atoms with Crippen LogP contribution in [-0.2, 0) is 19.6 Å². The van der Waals surface area contributed by atoms with Gasteiger partial charge in [0.1, 0.15) is 0 Å². The standard InChI is InChI=1S/C24H29N3O5S/c1-16-15-26(24(30)19-4-3-5-19)23-14-20(8-11-22(23)27(16)17(2)29)18-6-9-21(10-7-18)33(31,32)25-12-13-28/h6-11,14,16,19,25,28H,3-5,12-13,15H2,1-2H3/t16-/m0/s1. The second-order valence-corrected chi connectivity index (χ2v) is 10.4. The fourth-order valence-electron chi connectivity index (χ4n) is 4.46. The number of nitrogens with one attached hydrogen (secondary N) is 1. The molecule has 1 aliphatic carbocycles. The average molecular weight is 472 g/mol. The van der Waals surface area contributed by atoms with E-state index in [0.717, 1.165) is 30.4 Å². The lowest BCUT2D eigenvalue weighted by atomic mass is 9.84. The van der Waals surface area contributed by atoms with Gasteiger partial charge in [-0.2, -0.15) is 0 Å². The number of benzene rings is 2. The summed E-state index contributed by atoms with van der Waals surface area (Å²) in [6.45, 7) is 3.59. The molecule has 2 aromatic carbocycles. The third kappa shape index (κ3) is 4.53. The van der Waals surface area contributed by atoms with Crippen molar-refractivity contribution in [2.24, 2.45) is 5.92 Å². The van der Waals surface area contributed by atoms with Crippen molar-refractivity contribution in [3.63, 3.8) is 0 Å². The Kier molecular flexibility index (Phi) is 6.56. The van der Waals surface area contributed by atoms with Gasteiger partial charge in [0.05, 0.1) is 28.9 Å². The van der Waals surface area contributed by atoms with Gasteiger partial charge in [-0.3, -0.25) is 9.59 Å². The number of sulfonamides is 1. The zero-order chi connectivity index (χ0) is 23.8. The van der Waals surface area contributed by atoms with Crippen molar-refractivity contribution < 1.29 is 23.1 Å². The van der Waals surface area contributed by atoms with Gasteiger partial charge in [0.25, 0.3) is 0 Å². The molecule has 0 bridgehead atoms. The number of carbonyl (C=O) groups excluding carboxylic acids is 2. The van der Waals surface area contributed by atoms with E-state index < -0.39 is 10.0 Å². The molecule has 1 aliphatic heterocycles. The Balaban J connectivity index is 1.70. The molecule has 1 heterocycles. The van der Waals surface area contributed by atoms with Gasteiger partial charge < -0.3 is 14.9 Å². The van der Waals surface area contributed by atoms with E-state index in [2.05, 4.69) is 4.72 Å². The summed E-state index contributed by atoms with van der Waals surface area (Å²) in [7, 11) is -3.69. The number of amides is 2. The van der Waals surface area contributed by atoms with Crippen LogP contribution in [-0.4, -0.2) is 51.1 Å². The Labute approximate surface area is 194 Å². The number of aliphatic hydroxyl groups excluding tert-OH is 1. The van der Waals surface area contributed by atoms with E-state index >= 15 is 0 Å². The molecule has 1 saturated carbocycles. The Morgan fingerprint density at radius 2 is 1.73 bits per heavy atom. The number of hydrogen-bond acceptors (Lipinski definition) is 5. The van der Waals surface area contributed by atoms with Crippen LogP contribution in [0.4, 0.5) is 11.4 Å². The maximum absolute atomic E-state index is 13.2. The van der Waals surface area contributed by atoms with E-state index in [-0.39, 0.29) is 41.8 Å². The largest absolute Gasteiger partial charge is 0.395 e. The zero-order valence-corrected chi connectivity index (χ0v) is 19.6.